The van der Waals surface area contributed by atoms with Gasteiger partial charge in [0.15, 0.2) is 31.5 Å². The summed E-state index contributed by atoms with van der Waals surface area (Å²) >= 11 is 0. The van der Waals surface area contributed by atoms with Crippen LogP contribution in [0, 0.1) is 40.4 Å². The molecule has 0 radical (unpaired) electrons. The number of hydrogen-bond donors (Lipinski definition) is 13. The Morgan fingerprint density at radius 3 is 1.78 bits per heavy atom. The Kier molecular flexibility index (Phi) is 23.0. The Balaban J connectivity index is 0.00000961. The molecule has 0 aromatic heterocycles. The summed E-state index contributed by atoms with van der Waals surface area (Å²) in [4.78, 5) is 13.2. The van der Waals surface area contributed by atoms with Crippen molar-refractivity contribution in [3.05, 3.63) is 11.6 Å². The van der Waals surface area contributed by atoms with Gasteiger partial charge in [-0.15, -0.1) is 0 Å². The van der Waals surface area contributed by atoms with Crippen molar-refractivity contribution in [3.63, 3.8) is 0 Å². The van der Waals surface area contributed by atoms with Gasteiger partial charge in [0.05, 0.1) is 49.3 Å². The summed E-state index contributed by atoms with van der Waals surface area (Å²) in [5.74, 6) is -0.864. The number of Topliss-reactive ketones (excluding diaryl/α,β-unsaturated/α-hetero) is 1. The van der Waals surface area contributed by atoms with Gasteiger partial charge in [0.25, 0.3) is 0 Å². The van der Waals surface area contributed by atoms with Crippen LogP contribution in [0.25, 0.3) is 0 Å². The molecule has 13 N–H and O–H groups in total. The van der Waals surface area contributed by atoms with E-state index in [4.69, 9.17) is 51.6 Å². The Labute approximate surface area is 522 Å². The molecule has 490 valence electrons. The van der Waals surface area contributed by atoms with E-state index in [0.717, 1.165) is 5.57 Å². The molecule has 5 aliphatic heterocycles. The van der Waals surface area contributed by atoms with Crippen LogP contribution in [0.1, 0.15) is 113 Å². The molecule has 30 heteroatoms. The van der Waals surface area contributed by atoms with Crippen LogP contribution in [-0.2, 0) is 66.7 Å². The first kappa shape index (κ1) is 71.2. The van der Waals surface area contributed by atoms with Crippen LogP contribution in [0.3, 0.4) is 0 Å². The van der Waals surface area contributed by atoms with Gasteiger partial charge in [0.1, 0.15) is 103 Å². The van der Waals surface area contributed by atoms with Crippen LogP contribution < -0.4 is 29.6 Å². The zero-order chi connectivity index (χ0) is 62.3. The van der Waals surface area contributed by atoms with E-state index >= 15 is 0 Å². The Morgan fingerprint density at radius 2 is 1.21 bits per heavy atom. The van der Waals surface area contributed by atoms with Crippen LogP contribution in [0.5, 0.6) is 0 Å². The molecule has 8 fully saturated rings. The largest absolute Gasteiger partial charge is 1.00 e. The summed E-state index contributed by atoms with van der Waals surface area (Å²) in [6, 6.07) is 0. The van der Waals surface area contributed by atoms with Gasteiger partial charge in [-0.1, -0.05) is 39.3 Å². The van der Waals surface area contributed by atoms with Gasteiger partial charge < -0.3 is 118 Å². The van der Waals surface area contributed by atoms with E-state index in [0.29, 0.717) is 38.5 Å². The third kappa shape index (κ3) is 14.2. The summed E-state index contributed by atoms with van der Waals surface area (Å²) in [5, 5.41) is 145. The molecule has 0 bridgehead atoms. The summed E-state index contributed by atoms with van der Waals surface area (Å²) in [6.45, 7) is 12.5. The van der Waals surface area contributed by atoms with Gasteiger partial charge in [-0.05, 0) is 113 Å². The number of aliphatic hydroxyl groups is 13. The molecule has 0 amide bonds. The van der Waals surface area contributed by atoms with Gasteiger partial charge in [-0.3, -0.25) is 8.98 Å². The molecular weight excluding hydrogens is 1180 g/mol. The Bertz CT molecular complexity index is 2430. The molecule has 28 unspecified atom stereocenters. The van der Waals surface area contributed by atoms with Crippen LogP contribution in [0.4, 0.5) is 0 Å². The fourth-order valence-corrected chi connectivity index (χ4v) is 16.3. The zero-order valence-corrected chi connectivity index (χ0v) is 52.9. The number of ketones is 1. The second-order valence-electron chi connectivity index (χ2n) is 26.6. The van der Waals surface area contributed by atoms with Crippen LogP contribution >= 0.6 is 0 Å². The number of fused-ring (bicyclic) bond motifs is 5. The maximum absolute atomic E-state index is 13.2. The maximum atomic E-state index is 13.2. The molecule has 9 rings (SSSR count). The van der Waals surface area contributed by atoms with Crippen molar-refractivity contribution in [2.75, 3.05) is 13.2 Å². The molecular formula is C56H91NaO28S. The molecule has 5 saturated heterocycles. The standard InChI is InChI=1S/C56H92O28S.Na/c1-21(2)15-25(58)18-56(8,70)34-10-9-28-27-17-31(30-16-26(84-85(71,72)73)11-13-54(30,6)29(27)12-14-55(28,34)7)78-51-45(69)46(37(61)24(5)77-51)81-52-47(82-49-43(67)40(64)35(59)22(3)75-49)39(63)33(20-74-52)80-53-48(42(66)38(62)32(19-57)79-53)83-50-44(68)41(65)36(60)23(4)76-50;/h12,21-24,26-28,30-53,57,59-70H,9-11,13-20H2,1-8H3,(H,71,72,73);/q;+1/p-1/t22?,23?,24?,26-,27?,28?,30?,31-,32?,33?,34-,35?,36?,37?,38?,39?,40?,41?,42?,43?,44?,45?,46?,47?,48?,49?,50?,51?,52?,53?,54+,55-,56?;/m0./s1. The number of hydrogen-bond acceptors (Lipinski definition) is 28. The second kappa shape index (κ2) is 27.7. The van der Waals surface area contributed by atoms with Gasteiger partial charge in [0.2, 0.25) is 10.4 Å². The number of ether oxygens (including phenoxy) is 10. The first-order chi connectivity index (χ1) is 39.7. The van der Waals surface area contributed by atoms with E-state index in [1.54, 1.807) is 6.92 Å². The third-order valence-electron chi connectivity index (χ3n) is 20.3. The molecule has 5 heterocycles. The quantitative estimate of drug-likeness (QED) is 0.0263. The molecule has 0 aromatic rings. The first-order valence-electron chi connectivity index (χ1n) is 29.9. The Hall–Kier alpha value is -0.640. The molecule has 9 aliphatic rings. The fraction of sp³-hybridized carbons (Fsp3) is 0.946. The normalized spacial score (nSPS) is 50.7. The summed E-state index contributed by atoms with van der Waals surface area (Å²) < 4.78 is 102. The van der Waals surface area contributed by atoms with Crippen molar-refractivity contribution >= 4 is 16.2 Å². The fourth-order valence-electron chi connectivity index (χ4n) is 15.8. The average molecular weight is 1270 g/mol. The van der Waals surface area contributed by atoms with Crippen molar-refractivity contribution in [1.82, 2.24) is 0 Å². The number of aliphatic hydroxyl groups excluding tert-OH is 12. The van der Waals surface area contributed by atoms with E-state index in [1.807, 2.05) is 13.8 Å². The number of rotatable bonds is 18. The molecule has 33 atom stereocenters. The van der Waals surface area contributed by atoms with Gasteiger partial charge in [-0.2, -0.15) is 0 Å². The third-order valence-corrected chi connectivity index (χ3v) is 20.8. The van der Waals surface area contributed by atoms with Crippen molar-refractivity contribution < 1.29 is 165 Å². The van der Waals surface area contributed by atoms with Crippen molar-refractivity contribution in [1.29, 1.82) is 0 Å². The minimum Gasteiger partial charge on any atom is -0.726 e. The zero-order valence-electron chi connectivity index (χ0n) is 50.1. The molecule has 28 nitrogen and oxygen atoms in total. The molecule has 4 aliphatic carbocycles. The van der Waals surface area contributed by atoms with E-state index in [9.17, 15) is 84.1 Å². The summed E-state index contributed by atoms with van der Waals surface area (Å²) in [5.41, 5.74) is -1.31. The predicted octanol–water partition coefficient (Wildman–Crippen LogP) is -6.02. The van der Waals surface area contributed by atoms with Crippen molar-refractivity contribution in [3.8, 4) is 0 Å². The smallest absolute Gasteiger partial charge is 0.726 e. The monoisotopic (exact) mass is 1270 g/mol. The van der Waals surface area contributed by atoms with Crippen molar-refractivity contribution in [2.24, 2.45) is 40.4 Å². The minimum absolute atomic E-state index is 0. The maximum Gasteiger partial charge on any atom is 1.00 e. The van der Waals surface area contributed by atoms with Crippen molar-refractivity contribution in [2.45, 2.75) is 278 Å². The number of carbonyl (C=O) groups is 1. The second-order valence-corrected chi connectivity index (χ2v) is 27.7. The number of allylic oxidation sites excluding steroid dienone is 2. The summed E-state index contributed by atoms with van der Waals surface area (Å²) in [7, 11) is -5.13. The van der Waals surface area contributed by atoms with E-state index in [1.165, 1.54) is 20.8 Å². The van der Waals surface area contributed by atoms with Crippen LogP contribution in [0.15, 0.2) is 11.6 Å². The Morgan fingerprint density at radius 1 is 0.663 bits per heavy atom. The van der Waals surface area contributed by atoms with E-state index in [-0.39, 0.29) is 78.3 Å². The average Bonchev–Trinajstić information content (AvgIpc) is 1.30. The topological polar surface area (TPSA) is 439 Å². The molecule has 3 saturated carbocycles. The minimum atomic E-state index is -5.13. The van der Waals surface area contributed by atoms with Gasteiger partial charge >= 0.3 is 29.6 Å². The first-order valence-corrected chi connectivity index (χ1v) is 31.2. The van der Waals surface area contributed by atoms with Gasteiger partial charge in [0, 0.05) is 12.8 Å². The van der Waals surface area contributed by atoms with Crippen LogP contribution in [0.2, 0.25) is 0 Å². The van der Waals surface area contributed by atoms with Gasteiger partial charge in [-0.25, -0.2) is 8.42 Å². The van der Waals surface area contributed by atoms with Crippen LogP contribution in [-0.4, -0.2) is 264 Å². The molecule has 0 spiro atoms. The van der Waals surface area contributed by atoms with E-state index in [2.05, 4.69) is 19.9 Å². The number of carbonyl (C=O) groups excluding carboxylic acids is 1. The predicted molar refractivity (Wildman–Crippen MR) is 284 cm³/mol. The summed E-state index contributed by atoms with van der Waals surface area (Å²) in [6.07, 6.45) is -37.5. The van der Waals surface area contributed by atoms with E-state index < -0.39 is 206 Å². The molecule has 86 heavy (non-hydrogen) atoms. The SMILES string of the molecule is CC(C)CC(=O)CC(C)(O)[C@H]1CCC2C3C[C@H](OC4OC(C)C(O)C(OC5OCC(OC6OC(CO)C(O)C(O)C6OC6OC(C)C(O)C(O)C6O)C(O)C5OC5OC(C)C(O)C(O)C5O)C4O)C4C[C@@H](OS(=O)(=O)[O-])CC[C@]4(C)C3=CC[C@@]21C.[Na+]. The molecule has 0 aromatic carbocycles.